The van der Waals surface area contributed by atoms with Crippen LogP contribution in [0.1, 0.15) is 25.8 Å². The van der Waals surface area contributed by atoms with E-state index in [0.29, 0.717) is 33.8 Å². The number of nitrogens with one attached hydrogen (secondary N) is 1. The molecule has 3 rings (SSSR count). The molecule has 0 aliphatic carbocycles. The number of fused-ring (bicyclic) bond motifs is 1. The Kier molecular flexibility index (Phi) is 6.53. The summed E-state index contributed by atoms with van der Waals surface area (Å²) in [6.07, 6.45) is 1.90. The van der Waals surface area contributed by atoms with Gasteiger partial charge < -0.3 is 9.47 Å². The van der Waals surface area contributed by atoms with E-state index < -0.39 is 0 Å². The van der Waals surface area contributed by atoms with Gasteiger partial charge in [-0.3, -0.25) is 10.1 Å². The number of hydrogen-bond acceptors (Lipinski definition) is 5. The van der Waals surface area contributed by atoms with Crippen molar-refractivity contribution in [3.8, 4) is 11.5 Å². The first-order valence-corrected chi connectivity index (χ1v) is 10.0. The quantitative estimate of drug-likeness (QED) is 0.552. The minimum atomic E-state index is -0.284. The van der Waals surface area contributed by atoms with Gasteiger partial charge in [0.15, 0.2) is 23.2 Å². The number of halogens is 1. The first kappa shape index (κ1) is 19.5. The second-order valence-electron chi connectivity index (χ2n) is 5.87. The van der Waals surface area contributed by atoms with Crippen molar-refractivity contribution in [3.63, 3.8) is 0 Å². The van der Waals surface area contributed by atoms with Crippen LogP contribution in [0.3, 0.4) is 0 Å². The van der Waals surface area contributed by atoms with Gasteiger partial charge in [0.1, 0.15) is 5.52 Å². The third-order valence-corrected chi connectivity index (χ3v) is 5.08. The standard InChI is InChI=1S/C20H21ClN2O3S/c1-3-7-13-8-5-10-15(19(13)25-4-2)26-12-17(24)22-20-23-18-14(21)9-6-11-16(18)27-20/h5-6,8-11H,3-4,7,12H2,1-2H3,(H,22,23,24). The van der Waals surface area contributed by atoms with Crippen molar-refractivity contribution in [2.75, 3.05) is 18.5 Å². The number of amides is 1. The molecule has 0 spiro atoms. The molecular weight excluding hydrogens is 384 g/mol. The summed E-state index contributed by atoms with van der Waals surface area (Å²) in [5.41, 5.74) is 1.77. The van der Waals surface area contributed by atoms with Crippen LogP contribution in [-0.2, 0) is 11.2 Å². The number of para-hydroxylation sites is 2. The predicted octanol–water partition coefficient (Wildman–Crippen LogP) is 5.32. The molecule has 0 atom stereocenters. The molecule has 1 heterocycles. The summed E-state index contributed by atoms with van der Waals surface area (Å²) in [6.45, 7) is 4.45. The number of hydrogen-bond donors (Lipinski definition) is 1. The molecule has 27 heavy (non-hydrogen) atoms. The van der Waals surface area contributed by atoms with Gasteiger partial charge in [-0.15, -0.1) is 0 Å². The monoisotopic (exact) mass is 404 g/mol. The van der Waals surface area contributed by atoms with Gasteiger partial charge in [0.25, 0.3) is 5.91 Å². The molecule has 3 aromatic rings. The van der Waals surface area contributed by atoms with Crippen LogP contribution in [0.5, 0.6) is 11.5 Å². The highest BCUT2D eigenvalue weighted by Crippen LogP contribution is 2.33. The van der Waals surface area contributed by atoms with E-state index >= 15 is 0 Å². The summed E-state index contributed by atoms with van der Waals surface area (Å²) in [7, 11) is 0. The fraction of sp³-hybridized carbons (Fsp3) is 0.300. The number of carbonyl (C=O) groups is 1. The van der Waals surface area contributed by atoms with Crippen LogP contribution in [0.4, 0.5) is 5.13 Å². The van der Waals surface area contributed by atoms with Crippen molar-refractivity contribution in [2.45, 2.75) is 26.7 Å². The zero-order valence-electron chi connectivity index (χ0n) is 15.3. The summed E-state index contributed by atoms with van der Waals surface area (Å²) >= 11 is 7.50. The molecule has 0 aliphatic rings. The molecule has 0 saturated heterocycles. The summed E-state index contributed by atoms with van der Waals surface area (Å²) < 4.78 is 12.4. The first-order valence-electron chi connectivity index (χ1n) is 8.84. The highest BCUT2D eigenvalue weighted by molar-refractivity contribution is 7.22. The van der Waals surface area contributed by atoms with Gasteiger partial charge in [-0.1, -0.05) is 54.5 Å². The molecule has 7 heteroatoms. The van der Waals surface area contributed by atoms with Crippen molar-refractivity contribution in [3.05, 3.63) is 47.0 Å². The van der Waals surface area contributed by atoms with Gasteiger partial charge in [-0.2, -0.15) is 0 Å². The molecule has 0 saturated carbocycles. The lowest BCUT2D eigenvalue weighted by Gasteiger charge is -2.15. The van der Waals surface area contributed by atoms with E-state index in [1.165, 1.54) is 11.3 Å². The molecule has 0 bridgehead atoms. The Morgan fingerprint density at radius 1 is 1.19 bits per heavy atom. The smallest absolute Gasteiger partial charge is 0.264 e. The Balaban J connectivity index is 1.68. The van der Waals surface area contributed by atoms with Crippen LogP contribution in [0.25, 0.3) is 10.2 Å². The molecule has 0 unspecified atom stereocenters. The van der Waals surface area contributed by atoms with E-state index in [1.807, 2.05) is 37.3 Å². The van der Waals surface area contributed by atoms with Crippen molar-refractivity contribution < 1.29 is 14.3 Å². The third kappa shape index (κ3) is 4.70. The highest BCUT2D eigenvalue weighted by atomic mass is 35.5. The maximum atomic E-state index is 12.3. The molecule has 0 fully saturated rings. The largest absolute Gasteiger partial charge is 0.490 e. The second kappa shape index (κ2) is 9.06. The number of ether oxygens (including phenoxy) is 2. The van der Waals surface area contributed by atoms with Gasteiger partial charge in [0.2, 0.25) is 0 Å². The Bertz CT molecular complexity index is 942. The lowest BCUT2D eigenvalue weighted by atomic mass is 10.1. The Hall–Kier alpha value is -2.31. The van der Waals surface area contributed by atoms with Gasteiger partial charge in [-0.25, -0.2) is 4.98 Å². The first-order chi connectivity index (χ1) is 13.1. The summed E-state index contributed by atoms with van der Waals surface area (Å²) in [6, 6.07) is 11.3. The van der Waals surface area contributed by atoms with Crippen LogP contribution >= 0.6 is 22.9 Å². The molecular formula is C20H21ClN2O3S. The normalized spacial score (nSPS) is 10.8. The summed E-state index contributed by atoms with van der Waals surface area (Å²) in [5.74, 6) is 1.00. The van der Waals surface area contributed by atoms with Crippen LogP contribution < -0.4 is 14.8 Å². The van der Waals surface area contributed by atoms with Gasteiger partial charge in [0.05, 0.1) is 16.3 Å². The maximum absolute atomic E-state index is 12.3. The zero-order chi connectivity index (χ0) is 19.2. The third-order valence-electron chi connectivity index (χ3n) is 3.84. The number of carbonyl (C=O) groups excluding carboxylic acids is 1. The van der Waals surface area contributed by atoms with E-state index in [0.717, 1.165) is 23.1 Å². The minimum Gasteiger partial charge on any atom is -0.490 e. The summed E-state index contributed by atoms with van der Waals surface area (Å²) in [4.78, 5) is 16.7. The van der Waals surface area contributed by atoms with E-state index in [1.54, 1.807) is 6.07 Å². The second-order valence-corrected chi connectivity index (χ2v) is 7.31. The number of thiazole rings is 1. The number of anilines is 1. The number of benzene rings is 2. The Morgan fingerprint density at radius 2 is 2.00 bits per heavy atom. The lowest BCUT2D eigenvalue weighted by molar-refractivity contribution is -0.118. The van der Waals surface area contributed by atoms with Crippen LogP contribution in [-0.4, -0.2) is 24.1 Å². The zero-order valence-corrected chi connectivity index (χ0v) is 16.8. The topological polar surface area (TPSA) is 60.5 Å². The molecule has 1 amide bonds. The molecule has 5 nitrogen and oxygen atoms in total. The van der Waals surface area contributed by atoms with Crippen molar-refractivity contribution in [1.29, 1.82) is 0 Å². The number of aryl methyl sites for hydroxylation is 1. The predicted molar refractivity (Wildman–Crippen MR) is 110 cm³/mol. The number of aromatic nitrogens is 1. The number of nitrogens with zero attached hydrogens (tertiary/aromatic N) is 1. The minimum absolute atomic E-state index is 0.126. The average Bonchev–Trinajstić information content (AvgIpc) is 3.06. The van der Waals surface area contributed by atoms with Crippen molar-refractivity contribution >= 4 is 44.2 Å². The fourth-order valence-electron chi connectivity index (χ4n) is 2.72. The molecule has 1 N–H and O–H groups in total. The Labute approximate surface area is 167 Å². The van der Waals surface area contributed by atoms with Crippen molar-refractivity contribution in [1.82, 2.24) is 4.98 Å². The maximum Gasteiger partial charge on any atom is 0.264 e. The van der Waals surface area contributed by atoms with Gasteiger partial charge >= 0.3 is 0 Å². The van der Waals surface area contributed by atoms with E-state index in [9.17, 15) is 4.79 Å². The summed E-state index contributed by atoms with van der Waals surface area (Å²) in [5, 5.41) is 3.83. The molecule has 1 aromatic heterocycles. The lowest BCUT2D eigenvalue weighted by Crippen LogP contribution is -2.20. The van der Waals surface area contributed by atoms with E-state index in [-0.39, 0.29) is 12.5 Å². The van der Waals surface area contributed by atoms with Crippen LogP contribution in [0.15, 0.2) is 36.4 Å². The Morgan fingerprint density at radius 3 is 2.74 bits per heavy atom. The average molecular weight is 405 g/mol. The van der Waals surface area contributed by atoms with Crippen molar-refractivity contribution in [2.24, 2.45) is 0 Å². The van der Waals surface area contributed by atoms with Crippen LogP contribution in [0, 0.1) is 0 Å². The van der Waals surface area contributed by atoms with E-state index in [2.05, 4.69) is 17.2 Å². The highest BCUT2D eigenvalue weighted by Gasteiger charge is 2.14. The van der Waals surface area contributed by atoms with Gasteiger partial charge in [0, 0.05) is 0 Å². The van der Waals surface area contributed by atoms with Gasteiger partial charge in [-0.05, 0) is 37.1 Å². The molecule has 142 valence electrons. The molecule has 0 radical (unpaired) electrons. The molecule has 2 aromatic carbocycles. The molecule has 0 aliphatic heterocycles. The fourth-order valence-corrected chi connectivity index (χ4v) is 3.90. The van der Waals surface area contributed by atoms with Crippen LogP contribution in [0.2, 0.25) is 5.02 Å². The van der Waals surface area contributed by atoms with E-state index in [4.69, 9.17) is 21.1 Å². The number of rotatable bonds is 8. The SMILES string of the molecule is CCCc1cccc(OCC(=O)Nc2nc3c(Cl)cccc3s2)c1OCC.